The van der Waals surface area contributed by atoms with Crippen molar-refractivity contribution in [3.05, 3.63) is 22.4 Å². The van der Waals surface area contributed by atoms with Crippen molar-refractivity contribution in [3.8, 4) is 0 Å². The number of hydrogen-bond donors (Lipinski definition) is 3. The van der Waals surface area contributed by atoms with Crippen molar-refractivity contribution < 1.29 is 14.7 Å². The maximum atomic E-state index is 11.9. The number of urea groups is 1. The van der Waals surface area contributed by atoms with Gasteiger partial charge in [0.05, 0.1) is 0 Å². The molecule has 2 heterocycles. The fourth-order valence-electron chi connectivity index (χ4n) is 1.90. The van der Waals surface area contributed by atoms with Crippen LogP contribution in [0.4, 0.5) is 4.79 Å². The van der Waals surface area contributed by atoms with Gasteiger partial charge in [-0.3, -0.25) is 0 Å². The summed E-state index contributed by atoms with van der Waals surface area (Å²) < 4.78 is 0. The second kappa shape index (κ2) is 5.36. The van der Waals surface area contributed by atoms with Gasteiger partial charge in [-0.05, 0) is 17.9 Å². The first-order valence-electron chi connectivity index (χ1n) is 5.65. The first-order valence-corrected chi connectivity index (χ1v) is 6.53. The fraction of sp³-hybridized carbons (Fsp3) is 0.455. The molecular formula is C11H15N3O3S. The van der Waals surface area contributed by atoms with E-state index in [0.29, 0.717) is 18.0 Å². The summed E-state index contributed by atoms with van der Waals surface area (Å²) in [5, 5.41) is 13.4. The van der Waals surface area contributed by atoms with Gasteiger partial charge in [0.25, 0.3) is 0 Å². The van der Waals surface area contributed by atoms with Gasteiger partial charge < -0.3 is 21.1 Å². The molecule has 0 aromatic carbocycles. The van der Waals surface area contributed by atoms with Crippen LogP contribution in [0, 0.1) is 0 Å². The number of nitrogens with zero attached hydrogens (tertiary/aromatic N) is 1. The SMILES string of the molecule is NC1CCN(C(=O)NC(C(=O)O)c2cccs2)C1. The number of hydrogen-bond acceptors (Lipinski definition) is 4. The molecule has 0 spiro atoms. The highest BCUT2D eigenvalue weighted by molar-refractivity contribution is 7.10. The number of rotatable bonds is 3. The number of nitrogens with two attached hydrogens (primary N) is 1. The third-order valence-electron chi connectivity index (χ3n) is 2.85. The number of likely N-dealkylation sites (tertiary alicyclic amines) is 1. The number of carboxylic acid groups (broad SMARTS) is 1. The fourth-order valence-corrected chi connectivity index (χ4v) is 2.66. The van der Waals surface area contributed by atoms with E-state index in [1.165, 1.54) is 11.3 Å². The van der Waals surface area contributed by atoms with Crippen LogP contribution in [-0.4, -0.2) is 41.1 Å². The van der Waals surface area contributed by atoms with E-state index in [-0.39, 0.29) is 12.1 Å². The van der Waals surface area contributed by atoms with Crippen molar-refractivity contribution in [2.24, 2.45) is 5.73 Å². The smallest absolute Gasteiger partial charge is 0.331 e. The Morgan fingerprint density at radius 3 is 2.89 bits per heavy atom. The second-order valence-corrected chi connectivity index (χ2v) is 5.21. The van der Waals surface area contributed by atoms with Crippen LogP contribution >= 0.6 is 11.3 Å². The molecule has 1 aliphatic rings. The number of aliphatic carboxylic acids is 1. The summed E-state index contributed by atoms with van der Waals surface area (Å²) >= 11 is 1.31. The molecule has 4 N–H and O–H groups in total. The molecule has 2 rings (SSSR count). The summed E-state index contributed by atoms with van der Waals surface area (Å²) in [6, 6.07) is 2.08. The maximum Gasteiger partial charge on any atom is 0.331 e. The van der Waals surface area contributed by atoms with Crippen molar-refractivity contribution in [1.29, 1.82) is 0 Å². The van der Waals surface area contributed by atoms with Crippen LogP contribution in [0.25, 0.3) is 0 Å². The van der Waals surface area contributed by atoms with Gasteiger partial charge in [0.2, 0.25) is 0 Å². The average Bonchev–Trinajstić information content (AvgIpc) is 2.95. The van der Waals surface area contributed by atoms with Crippen molar-refractivity contribution in [3.63, 3.8) is 0 Å². The van der Waals surface area contributed by atoms with Crippen LogP contribution < -0.4 is 11.1 Å². The Morgan fingerprint density at radius 2 is 2.39 bits per heavy atom. The molecule has 1 aromatic rings. The molecule has 98 valence electrons. The van der Waals surface area contributed by atoms with E-state index in [0.717, 1.165) is 6.42 Å². The van der Waals surface area contributed by atoms with Gasteiger partial charge in [-0.2, -0.15) is 0 Å². The van der Waals surface area contributed by atoms with Crippen LogP contribution in [-0.2, 0) is 4.79 Å². The number of thiophene rings is 1. The number of amides is 2. The van der Waals surface area contributed by atoms with E-state index in [2.05, 4.69) is 5.32 Å². The third-order valence-corrected chi connectivity index (χ3v) is 3.79. The van der Waals surface area contributed by atoms with E-state index >= 15 is 0 Å². The average molecular weight is 269 g/mol. The molecule has 0 aliphatic carbocycles. The minimum Gasteiger partial charge on any atom is -0.479 e. The minimum atomic E-state index is -1.06. The lowest BCUT2D eigenvalue weighted by Crippen LogP contribution is -2.43. The van der Waals surface area contributed by atoms with E-state index in [1.807, 2.05) is 0 Å². The number of carboxylic acids is 1. The first-order chi connectivity index (χ1) is 8.58. The van der Waals surface area contributed by atoms with Crippen LogP contribution in [0.3, 0.4) is 0 Å². The zero-order valence-electron chi connectivity index (χ0n) is 9.70. The summed E-state index contributed by atoms with van der Waals surface area (Å²) in [5.41, 5.74) is 5.71. The topological polar surface area (TPSA) is 95.7 Å². The number of carbonyl (C=O) groups is 2. The molecule has 6 nitrogen and oxygen atoms in total. The molecule has 1 aromatic heterocycles. The van der Waals surface area contributed by atoms with Gasteiger partial charge in [0, 0.05) is 24.0 Å². The molecule has 0 radical (unpaired) electrons. The summed E-state index contributed by atoms with van der Waals surface area (Å²) in [6.45, 7) is 1.05. The summed E-state index contributed by atoms with van der Waals surface area (Å²) in [5.74, 6) is -1.06. The van der Waals surface area contributed by atoms with Crippen LogP contribution in [0.5, 0.6) is 0 Å². The summed E-state index contributed by atoms with van der Waals surface area (Å²) in [6.07, 6.45) is 0.754. The lowest BCUT2D eigenvalue weighted by molar-refractivity contribution is -0.139. The monoisotopic (exact) mass is 269 g/mol. The molecule has 2 amide bonds. The number of carbonyl (C=O) groups excluding carboxylic acids is 1. The molecule has 0 saturated carbocycles. The Hall–Kier alpha value is -1.60. The highest BCUT2D eigenvalue weighted by Gasteiger charge is 2.28. The maximum absolute atomic E-state index is 11.9. The Morgan fingerprint density at radius 1 is 1.61 bits per heavy atom. The molecule has 7 heteroatoms. The van der Waals surface area contributed by atoms with Gasteiger partial charge in [-0.1, -0.05) is 6.07 Å². The van der Waals surface area contributed by atoms with E-state index < -0.39 is 12.0 Å². The largest absolute Gasteiger partial charge is 0.479 e. The molecule has 2 atom stereocenters. The Balaban J connectivity index is 2.01. The molecule has 1 aliphatic heterocycles. The summed E-state index contributed by atoms with van der Waals surface area (Å²) in [7, 11) is 0. The van der Waals surface area contributed by atoms with Crippen LogP contribution in [0.2, 0.25) is 0 Å². The van der Waals surface area contributed by atoms with E-state index in [4.69, 9.17) is 10.8 Å². The van der Waals surface area contributed by atoms with E-state index in [9.17, 15) is 9.59 Å². The molecule has 0 bridgehead atoms. The zero-order chi connectivity index (χ0) is 13.1. The molecule has 2 unspecified atom stereocenters. The van der Waals surface area contributed by atoms with Gasteiger partial charge in [0.1, 0.15) is 0 Å². The summed E-state index contributed by atoms with van der Waals surface area (Å²) in [4.78, 5) is 25.2. The normalized spacial score (nSPS) is 20.7. The van der Waals surface area contributed by atoms with E-state index in [1.54, 1.807) is 22.4 Å². The zero-order valence-corrected chi connectivity index (χ0v) is 10.5. The quantitative estimate of drug-likeness (QED) is 0.749. The number of nitrogens with one attached hydrogen (secondary N) is 1. The van der Waals surface area contributed by atoms with Crippen molar-refractivity contribution >= 4 is 23.3 Å². The Kier molecular flexibility index (Phi) is 3.83. The Labute approximate surface area is 108 Å². The first kappa shape index (κ1) is 12.8. The molecular weight excluding hydrogens is 254 g/mol. The van der Waals surface area contributed by atoms with Gasteiger partial charge in [0.15, 0.2) is 6.04 Å². The van der Waals surface area contributed by atoms with Crippen molar-refractivity contribution in [2.45, 2.75) is 18.5 Å². The van der Waals surface area contributed by atoms with Gasteiger partial charge in [-0.25, -0.2) is 9.59 Å². The van der Waals surface area contributed by atoms with Gasteiger partial charge >= 0.3 is 12.0 Å². The molecule has 18 heavy (non-hydrogen) atoms. The van der Waals surface area contributed by atoms with Crippen LogP contribution in [0.15, 0.2) is 17.5 Å². The lowest BCUT2D eigenvalue weighted by atomic mass is 10.2. The Bertz CT molecular complexity index is 435. The van der Waals surface area contributed by atoms with Gasteiger partial charge in [-0.15, -0.1) is 11.3 Å². The second-order valence-electron chi connectivity index (χ2n) is 4.23. The predicted molar refractivity (Wildman–Crippen MR) is 67.4 cm³/mol. The standard InChI is InChI=1S/C11H15N3O3S/c12-7-3-4-14(6-7)11(17)13-9(10(15)16)8-2-1-5-18-8/h1-2,5,7,9H,3-4,6,12H2,(H,13,17)(H,15,16). The molecule has 1 saturated heterocycles. The highest BCUT2D eigenvalue weighted by atomic mass is 32.1. The lowest BCUT2D eigenvalue weighted by Gasteiger charge is -2.20. The third kappa shape index (κ3) is 2.80. The van der Waals surface area contributed by atoms with Crippen molar-refractivity contribution in [2.75, 3.05) is 13.1 Å². The van der Waals surface area contributed by atoms with Crippen molar-refractivity contribution in [1.82, 2.24) is 10.2 Å². The molecule has 1 fully saturated rings. The predicted octanol–water partition coefficient (Wildman–Crippen LogP) is 0.616. The van der Waals surface area contributed by atoms with Crippen LogP contribution in [0.1, 0.15) is 17.3 Å². The minimum absolute atomic E-state index is 0.0132. The highest BCUT2D eigenvalue weighted by Crippen LogP contribution is 2.20.